The molecule has 5 heterocycles. The molecule has 0 unspecified atom stereocenters. The van der Waals surface area contributed by atoms with E-state index in [4.69, 9.17) is 0 Å². The van der Waals surface area contributed by atoms with Crippen LogP contribution in [0.3, 0.4) is 0 Å². The number of fused-ring (bicyclic) bond motifs is 1. The molecule has 5 aromatic heterocycles. The molecule has 1 N–H and O–H groups in total. The summed E-state index contributed by atoms with van der Waals surface area (Å²) >= 11 is 3.05. The number of rotatable bonds is 5. The standard InChI is InChI=1S/C20H17N7OS2/c1-12-18-13(16-4-3-9-29-16)5-7-21-19(18)27(25-12)10-17(28)24-20-23-14(11-30-20)15-6-8-22-26(15)2/h3-9,11H,10H2,1-2H3,(H,23,24,28). The van der Waals surface area contributed by atoms with E-state index in [-0.39, 0.29) is 12.5 Å². The molecule has 5 rings (SSSR count). The highest BCUT2D eigenvalue weighted by molar-refractivity contribution is 7.14. The molecule has 0 aliphatic rings. The fourth-order valence-electron chi connectivity index (χ4n) is 3.40. The molecule has 1 amide bonds. The van der Waals surface area contributed by atoms with E-state index in [0.717, 1.165) is 32.9 Å². The lowest BCUT2D eigenvalue weighted by Crippen LogP contribution is -2.19. The molecule has 150 valence electrons. The number of hydrogen-bond acceptors (Lipinski definition) is 7. The zero-order chi connectivity index (χ0) is 20.7. The molecule has 0 saturated carbocycles. The van der Waals surface area contributed by atoms with Crippen LogP contribution in [0.4, 0.5) is 5.13 Å². The molecule has 5 aromatic rings. The van der Waals surface area contributed by atoms with Crippen LogP contribution < -0.4 is 5.32 Å². The Bertz CT molecular complexity index is 1350. The van der Waals surface area contributed by atoms with Crippen LogP contribution in [0.2, 0.25) is 0 Å². The smallest absolute Gasteiger partial charge is 0.247 e. The van der Waals surface area contributed by atoms with Gasteiger partial charge in [0.05, 0.1) is 16.8 Å². The van der Waals surface area contributed by atoms with Crippen LogP contribution in [-0.4, -0.2) is 35.4 Å². The van der Waals surface area contributed by atoms with Crippen molar-refractivity contribution in [2.45, 2.75) is 13.5 Å². The lowest BCUT2D eigenvalue weighted by molar-refractivity contribution is -0.116. The second kappa shape index (κ2) is 7.47. The van der Waals surface area contributed by atoms with E-state index in [1.54, 1.807) is 33.1 Å². The molecule has 10 heteroatoms. The molecule has 0 bridgehead atoms. The number of aryl methyl sites for hydroxylation is 2. The van der Waals surface area contributed by atoms with Crippen molar-refractivity contribution in [2.75, 3.05) is 5.32 Å². The molecule has 0 atom stereocenters. The second-order valence-electron chi connectivity index (χ2n) is 6.70. The number of aromatic nitrogens is 6. The van der Waals surface area contributed by atoms with E-state index in [1.165, 1.54) is 11.3 Å². The maximum Gasteiger partial charge on any atom is 0.247 e. The Morgan fingerprint density at radius 3 is 2.87 bits per heavy atom. The van der Waals surface area contributed by atoms with E-state index in [1.807, 2.05) is 42.9 Å². The molecule has 0 spiro atoms. The molecule has 0 aliphatic carbocycles. The lowest BCUT2D eigenvalue weighted by Gasteiger charge is -2.04. The molecule has 0 saturated heterocycles. The third-order valence-corrected chi connectivity index (χ3v) is 6.38. The molecule has 8 nitrogen and oxygen atoms in total. The van der Waals surface area contributed by atoms with E-state index in [2.05, 4.69) is 31.5 Å². The fourth-order valence-corrected chi connectivity index (χ4v) is 4.88. The summed E-state index contributed by atoms with van der Waals surface area (Å²) in [6, 6.07) is 7.97. The molecule has 0 fully saturated rings. The number of thiazole rings is 1. The van der Waals surface area contributed by atoms with E-state index in [9.17, 15) is 4.79 Å². The number of amides is 1. The first-order valence-electron chi connectivity index (χ1n) is 9.20. The largest absolute Gasteiger partial charge is 0.300 e. The summed E-state index contributed by atoms with van der Waals surface area (Å²) in [6.07, 6.45) is 3.48. The third kappa shape index (κ3) is 3.29. The van der Waals surface area contributed by atoms with Crippen molar-refractivity contribution in [3.8, 4) is 21.8 Å². The molecule has 0 radical (unpaired) electrons. The van der Waals surface area contributed by atoms with Crippen molar-refractivity contribution in [2.24, 2.45) is 7.05 Å². The van der Waals surface area contributed by atoms with Crippen molar-refractivity contribution in [3.63, 3.8) is 0 Å². The summed E-state index contributed by atoms with van der Waals surface area (Å²) in [5.74, 6) is -0.200. The van der Waals surface area contributed by atoms with Crippen LogP contribution in [0.5, 0.6) is 0 Å². The van der Waals surface area contributed by atoms with Crippen molar-refractivity contribution in [3.05, 3.63) is 53.1 Å². The monoisotopic (exact) mass is 435 g/mol. The minimum absolute atomic E-state index is 0.0614. The lowest BCUT2D eigenvalue weighted by atomic mass is 10.1. The Kier molecular flexibility index (Phi) is 4.64. The highest BCUT2D eigenvalue weighted by atomic mass is 32.1. The summed E-state index contributed by atoms with van der Waals surface area (Å²) in [6.45, 7) is 2.00. The zero-order valence-electron chi connectivity index (χ0n) is 16.2. The third-order valence-electron chi connectivity index (χ3n) is 4.72. The zero-order valence-corrected chi connectivity index (χ0v) is 17.9. The fraction of sp³-hybridized carbons (Fsp3) is 0.150. The topological polar surface area (TPSA) is 90.5 Å². The van der Waals surface area contributed by atoms with Crippen molar-refractivity contribution < 1.29 is 4.79 Å². The maximum absolute atomic E-state index is 12.7. The van der Waals surface area contributed by atoms with Crippen LogP contribution >= 0.6 is 22.7 Å². The molecule has 0 aromatic carbocycles. The predicted octanol–water partition coefficient (Wildman–Crippen LogP) is 3.96. The SMILES string of the molecule is Cc1nn(CC(=O)Nc2nc(-c3ccnn3C)cs2)c2nccc(-c3cccs3)c12. The van der Waals surface area contributed by atoms with E-state index < -0.39 is 0 Å². The molecular weight excluding hydrogens is 418 g/mol. The van der Waals surface area contributed by atoms with Crippen molar-refractivity contribution >= 4 is 44.7 Å². The van der Waals surface area contributed by atoms with Crippen LogP contribution in [0, 0.1) is 6.92 Å². The van der Waals surface area contributed by atoms with Gasteiger partial charge in [-0.2, -0.15) is 10.2 Å². The van der Waals surface area contributed by atoms with Crippen LogP contribution in [0.25, 0.3) is 32.9 Å². The first kappa shape index (κ1) is 18.6. The van der Waals surface area contributed by atoms with Crippen LogP contribution in [-0.2, 0) is 18.4 Å². The quantitative estimate of drug-likeness (QED) is 0.451. The predicted molar refractivity (Wildman–Crippen MR) is 119 cm³/mol. The Balaban J connectivity index is 1.39. The van der Waals surface area contributed by atoms with Gasteiger partial charge in [-0.05, 0) is 30.5 Å². The molecular formula is C20H17N7OS2. The van der Waals surface area contributed by atoms with E-state index in [0.29, 0.717) is 10.8 Å². The Labute approximate surface area is 179 Å². The van der Waals surface area contributed by atoms with Crippen molar-refractivity contribution in [1.29, 1.82) is 0 Å². The second-order valence-corrected chi connectivity index (χ2v) is 8.51. The maximum atomic E-state index is 12.7. The van der Waals surface area contributed by atoms with Gasteiger partial charge in [-0.25, -0.2) is 14.6 Å². The van der Waals surface area contributed by atoms with Gasteiger partial charge < -0.3 is 5.32 Å². The number of thiophene rings is 1. The summed E-state index contributed by atoms with van der Waals surface area (Å²) < 4.78 is 3.39. The summed E-state index contributed by atoms with van der Waals surface area (Å²) in [5.41, 5.74) is 4.30. The highest BCUT2D eigenvalue weighted by Crippen LogP contribution is 2.32. The minimum Gasteiger partial charge on any atom is -0.300 e. The summed E-state index contributed by atoms with van der Waals surface area (Å²) in [4.78, 5) is 22.8. The van der Waals surface area contributed by atoms with Gasteiger partial charge in [-0.3, -0.25) is 9.48 Å². The first-order chi connectivity index (χ1) is 14.6. The Morgan fingerprint density at radius 1 is 1.20 bits per heavy atom. The summed E-state index contributed by atoms with van der Waals surface area (Å²) in [7, 11) is 1.86. The van der Waals surface area contributed by atoms with E-state index >= 15 is 0 Å². The van der Waals surface area contributed by atoms with Crippen molar-refractivity contribution in [1.82, 2.24) is 29.5 Å². The number of carbonyl (C=O) groups excluding carboxylic acids is 1. The number of nitrogens with zero attached hydrogens (tertiary/aromatic N) is 6. The molecule has 0 aliphatic heterocycles. The van der Waals surface area contributed by atoms with Gasteiger partial charge in [0.2, 0.25) is 5.91 Å². The first-order valence-corrected chi connectivity index (χ1v) is 11.0. The van der Waals surface area contributed by atoms with Crippen LogP contribution in [0.1, 0.15) is 5.69 Å². The Hall–Kier alpha value is -3.37. The molecule has 30 heavy (non-hydrogen) atoms. The van der Waals surface area contributed by atoms with Crippen LogP contribution in [0.15, 0.2) is 47.4 Å². The van der Waals surface area contributed by atoms with Gasteiger partial charge in [0.15, 0.2) is 10.8 Å². The van der Waals surface area contributed by atoms with Gasteiger partial charge in [-0.15, -0.1) is 22.7 Å². The number of carbonyl (C=O) groups is 1. The summed E-state index contributed by atoms with van der Waals surface area (Å²) in [5, 5.41) is 17.0. The average Bonchev–Trinajstić information content (AvgIpc) is 3.51. The normalized spacial score (nSPS) is 11.3. The van der Waals surface area contributed by atoms with Gasteiger partial charge in [-0.1, -0.05) is 6.07 Å². The number of nitrogens with one attached hydrogen (secondary N) is 1. The van der Waals surface area contributed by atoms with Gasteiger partial charge in [0, 0.05) is 35.3 Å². The van der Waals surface area contributed by atoms with Gasteiger partial charge in [0.25, 0.3) is 0 Å². The number of anilines is 1. The number of pyridine rings is 1. The average molecular weight is 436 g/mol. The Morgan fingerprint density at radius 2 is 2.10 bits per heavy atom. The van der Waals surface area contributed by atoms with Gasteiger partial charge in [0.1, 0.15) is 12.2 Å². The highest BCUT2D eigenvalue weighted by Gasteiger charge is 2.17. The minimum atomic E-state index is -0.200. The van der Waals surface area contributed by atoms with Gasteiger partial charge >= 0.3 is 0 Å². The number of hydrogen-bond donors (Lipinski definition) is 1.